The third-order valence-corrected chi connectivity index (χ3v) is 7.83. The first-order chi connectivity index (χ1) is 11.9. The van der Waals surface area contributed by atoms with Crippen LogP contribution in [0.25, 0.3) is 0 Å². The molecule has 3 heterocycles. The second-order valence-electron chi connectivity index (χ2n) is 5.41. The van der Waals surface area contributed by atoms with Crippen molar-refractivity contribution in [3.8, 4) is 5.88 Å². The topological polar surface area (TPSA) is 88.6 Å². The van der Waals surface area contributed by atoms with E-state index in [9.17, 15) is 13.2 Å². The maximum atomic E-state index is 12.8. The average molecular weight is 446 g/mol. The van der Waals surface area contributed by atoms with Crippen LogP contribution in [0.2, 0.25) is 0 Å². The molecule has 1 N–H and O–H groups in total. The summed E-state index contributed by atoms with van der Waals surface area (Å²) in [7, 11) is -2.18. The van der Waals surface area contributed by atoms with E-state index in [2.05, 4.69) is 26.2 Å². The molecule has 2 aromatic rings. The molecule has 134 valence electrons. The number of thiophene rings is 1. The lowest BCUT2D eigenvalue weighted by atomic mass is 10.2. The number of pyridine rings is 1. The van der Waals surface area contributed by atoms with Crippen molar-refractivity contribution in [2.24, 2.45) is 0 Å². The number of sulfonamides is 1. The van der Waals surface area contributed by atoms with Crippen LogP contribution in [0.3, 0.4) is 0 Å². The summed E-state index contributed by atoms with van der Waals surface area (Å²) in [5.74, 6) is 0.0787. The van der Waals surface area contributed by atoms with E-state index in [1.54, 1.807) is 24.3 Å². The molecule has 0 aliphatic carbocycles. The number of halogens is 1. The van der Waals surface area contributed by atoms with Crippen molar-refractivity contribution in [3.05, 3.63) is 34.2 Å². The van der Waals surface area contributed by atoms with Crippen molar-refractivity contribution in [1.82, 2.24) is 9.29 Å². The third-order valence-electron chi connectivity index (χ3n) is 3.83. The van der Waals surface area contributed by atoms with E-state index in [1.807, 2.05) is 0 Å². The van der Waals surface area contributed by atoms with Crippen LogP contribution in [0.5, 0.6) is 5.88 Å². The minimum Gasteiger partial charge on any atom is -0.481 e. The maximum Gasteiger partial charge on any atom is 0.253 e. The first kappa shape index (κ1) is 18.3. The molecule has 10 heteroatoms. The number of hydrogen-bond acceptors (Lipinski definition) is 6. The molecule has 7 nitrogen and oxygen atoms in total. The Bertz CT molecular complexity index is 867. The molecule has 1 aliphatic rings. The molecule has 0 aromatic carbocycles. The van der Waals surface area contributed by atoms with Crippen molar-refractivity contribution in [3.63, 3.8) is 0 Å². The predicted molar refractivity (Wildman–Crippen MR) is 98.4 cm³/mol. The van der Waals surface area contributed by atoms with Crippen LogP contribution in [-0.2, 0) is 14.8 Å². The smallest absolute Gasteiger partial charge is 0.253 e. The van der Waals surface area contributed by atoms with Crippen LogP contribution in [0.1, 0.15) is 12.8 Å². The van der Waals surface area contributed by atoms with E-state index in [-0.39, 0.29) is 10.1 Å². The lowest BCUT2D eigenvalue weighted by Crippen LogP contribution is -2.42. The molecule has 1 unspecified atom stereocenters. The standard InChI is InChI=1S/C15H16BrN3O4S2/c1-23-13-6-4-10(9-17-13)18-15(20)11-3-2-8-19(11)25(21,22)14-7-5-12(16)24-14/h4-7,9,11H,2-3,8H2,1H3,(H,18,20). The van der Waals surface area contributed by atoms with Crippen molar-refractivity contribution in [1.29, 1.82) is 0 Å². The van der Waals surface area contributed by atoms with Crippen molar-refractivity contribution >= 4 is 48.9 Å². The van der Waals surface area contributed by atoms with Crippen LogP contribution < -0.4 is 10.1 Å². The van der Waals surface area contributed by atoms with Gasteiger partial charge in [0.05, 0.1) is 22.8 Å². The molecule has 0 bridgehead atoms. The minimum absolute atomic E-state index is 0.227. The van der Waals surface area contributed by atoms with Gasteiger partial charge in [0.2, 0.25) is 11.8 Å². The highest BCUT2D eigenvalue weighted by Gasteiger charge is 2.40. The Morgan fingerprint density at radius 1 is 1.40 bits per heavy atom. The first-order valence-electron chi connectivity index (χ1n) is 7.50. The largest absolute Gasteiger partial charge is 0.481 e. The normalized spacial score (nSPS) is 18.2. The third kappa shape index (κ3) is 3.86. The zero-order chi connectivity index (χ0) is 18.0. The molecule has 1 aliphatic heterocycles. The maximum absolute atomic E-state index is 12.8. The summed E-state index contributed by atoms with van der Waals surface area (Å²) < 4.78 is 32.8. The minimum atomic E-state index is -3.69. The van der Waals surface area contributed by atoms with E-state index in [1.165, 1.54) is 17.6 Å². The fraction of sp³-hybridized carbons (Fsp3) is 0.333. The summed E-state index contributed by atoms with van der Waals surface area (Å²) in [4.78, 5) is 16.6. The van der Waals surface area contributed by atoms with Gasteiger partial charge in [0.15, 0.2) is 0 Å². The van der Waals surface area contributed by atoms with Crippen LogP contribution in [-0.4, -0.2) is 43.3 Å². The van der Waals surface area contributed by atoms with E-state index < -0.39 is 16.1 Å². The van der Waals surface area contributed by atoms with E-state index >= 15 is 0 Å². The van der Waals surface area contributed by atoms with Gasteiger partial charge in [-0.25, -0.2) is 13.4 Å². The molecule has 0 saturated carbocycles. The highest BCUT2D eigenvalue weighted by Crippen LogP contribution is 2.32. The Balaban J connectivity index is 1.77. The van der Waals surface area contributed by atoms with Gasteiger partial charge in [-0.2, -0.15) is 4.31 Å². The second-order valence-corrected chi connectivity index (χ2v) is 9.99. The van der Waals surface area contributed by atoms with Gasteiger partial charge in [0.25, 0.3) is 10.0 Å². The van der Waals surface area contributed by atoms with Crippen LogP contribution in [0, 0.1) is 0 Å². The molecule has 1 amide bonds. The number of ether oxygens (including phenoxy) is 1. The Hall–Kier alpha value is -1.49. The summed E-state index contributed by atoms with van der Waals surface area (Å²) in [6.07, 6.45) is 2.60. The van der Waals surface area contributed by atoms with Gasteiger partial charge in [-0.05, 0) is 47.0 Å². The number of nitrogens with one attached hydrogen (secondary N) is 1. The fourth-order valence-corrected chi connectivity index (χ4v) is 6.44. The zero-order valence-corrected chi connectivity index (χ0v) is 16.5. The van der Waals surface area contributed by atoms with Gasteiger partial charge in [0.1, 0.15) is 10.3 Å². The van der Waals surface area contributed by atoms with Gasteiger partial charge in [-0.15, -0.1) is 11.3 Å². The van der Waals surface area contributed by atoms with E-state index in [0.717, 1.165) is 15.1 Å². The molecular formula is C15H16BrN3O4S2. The second kappa shape index (κ2) is 7.40. The summed E-state index contributed by atoms with van der Waals surface area (Å²) in [6.45, 7) is 0.330. The molecular weight excluding hydrogens is 430 g/mol. The van der Waals surface area contributed by atoms with Crippen LogP contribution >= 0.6 is 27.3 Å². The van der Waals surface area contributed by atoms with Gasteiger partial charge < -0.3 is 10.1 Å². The van der Waals surface area contributed by atoms with Gasteiger partial charge in [-0.3, -0.25) is 4.79 Å². The molecule has 1 atom stereocenters. The van der Waals surface area contributed by atoms with Gasteiger partial charge in [-0.1, -0.05) is 0 Å². The van der Waals surface area contributed by atoms with Crippen molar-refractivity contribution in [2.45, 2.75) is 23.1 Å². The highest BCUT2D eigenvalue weighted by atomic mass is 79.9. The van der Waals surface area contributed by atoms with E-state index in [0.29, 0.717) is 31.0 Å². The number of hydrogen-bond donors (Lipinski definition) is 1. The number of nitrogens with zero attached hydrogens (tertiary/aromatic N) is 2. The summed E-state index contributed by atoms with van der Waals surface area (Å²) >= 11 is 4.41. The lowest BCUT2D eigenvalue weighted by molar-refractivity contribution is -0.119. The Morgan fingerprint density at radius 2 is 2.20 bits per heavy atom. The number of rotatable bonds is 5. The Kier molecular flexibility index (Phi) is 5.42. The zero-order valence-electron chi connectivity index (χ0n) is 13.3. The first-order valence-corrected chi connectivity index (χ1v) is 10.5. The van der Waals surface area contributed by atoms with Crippen LogP contribution in [0.4, 0.5) is 5.69 Å². The number of amides is 1. The number of anilines is 1. The van der Waals surface area contributed by atoms with Gasteiger partial charge >= 0.3 is 0 Å². The fourth-order valence-electron chi connectivity index (χ4n) is 2.64. The number of carbonyl (C=O) groups excluding carboxylic acids is 1. The Morgan fingerprint density at radius 3 is 2.80 bits per heavy atom. The molecule has 0 spiro atoms. The summed E-state index contributed by atoms with van der Waals surface area (Å²) in [5.41, 5.74) is 0.494. The summed E-state index contributed by atoms with van der Waals surface area (Å²) in [6, 6.07) is 5.79. The number of aromatic nitrogens is 1. The van der Waals surface area contributed by atoms with Crippen LogP contribution in [0.15, 0.2) is 38.5 Å². The SMILES string of the molecule is COc1ccc(NC(=O)C2CCCN2S(=O)(=O)c2ccc(Br)s2)cn1. The lowest BCUT2D eigenvalue weighted by Gasteiger charge is -2.22. The molecule has 2 aromatic heterocycles. The molecule has 3 rings (SSSR count). The molecule has 1 saturated heterocycles. The quantitative estimate of drug-likeness (QED) is 0.763. The monoisotopic (exact) mass is 445 g/mol. The predicted octanol–water partition coefficient (Wildman–Crippen LogP) is 2.71. The van der Waals surface area contributed by atoms with E-state index in [4.69, 9.17) is 4.74 Å². The molecule has 25 heavy (non-hydrogen) atoms. The highest BCUT2D eigenvalue weighted by molar-refractivity contribution is 9.11. The Labute approximate surface area is 158 Å². The average Bonchev–Trinajstić information content (AvgIpc) is 3.25. The molecule has 1 fully saturated rings. The number of carbonyl (C=O) groups is 1. The van der Waals surface area contributed by atoms with Crippen molar-refractivity contribution < 1.29 is 17.9 Å². The van der Waals surface area contributed by atoms with Gasteiger partial charge in [0, 0.05) is 12.6 Å². The molecule has 0 radical (unpaired) electrons. The number of methoxy groups -OCH3 is 1. The summed E-state index contributed by atoms with van der Waals surface area (Å²) in [5, 5.41) is 2.72. The van der Waals surface area contributed by atoms with Crippen molar-refractivity contribution in [2.75, 3.05) is 19.0 Å².